The van der Waals surface area contributed by atoms with Crippen molar-refractivity contribution in [3.05, 3.63) is 75.1 Å². The first-order valence-corrected chi connectivity index (χ1v) is 9.28. The van der Waals surface area contributed by atoms with Crippen molar-refractivity contribution in [1.29, 1.82) is 0 Å². The van der Waals surface area contributed by atoms with Gasteiger partial charge in [-0.05, 0) is 50.1 Å². The molecule has 10 heteroatoms. The van der Waals surface area contributed by atoms with E-state index in [1.807, 2.05) is 19.9 Å². The van der Waals surface area contributed by atoms with Crippen LogP contribution in [0.3, 0.4) is 0 Å². The van der Waals surface area contributed by atoms with Crippen molar-refractivity contribution in [3.8, 4) is 11.5 Å². The van der Waals surface area contributed by atoms with Crippen LogP contribution in [0.15, 0.2) is 42.5 Å². The Morgan fingerprint density at radius 2 is 1.74 bits per heavy atom. The number of halogens is 2. The van der Waals surface area contributed by atoms with Crippen molar-refractivity contribution in [2.45, 2.75) is 33.7 Å². The third-order valence-electron chi connectivity index (χ3n) is 4.27. The molecule has 0 bridgehead atoms. The number of hydrogen-bond donors (Lipinski definition) is 1. The molecule has 1 N–H and O–H groups in total. The van der Waals surface area contributed by atoms with E-state index in [1.54, 1.807) is 12.1 Å². The monoisotopic (exact) mass is 430 g/mol. The molecule has 1 amide bonds. The molecule has 0 unspecified atom stereocenters. The number of ether oxygens (including phenoxy) is 1. The summed E-state index contributed by atoms with van der Waals surface area (Å²) in [6.07, 6.45) is -2.79. The van der Waals surface area contributed by atoms with Gasteiger partial charge >= 0.3 is 0 Å². The van der Waals surface area contributed by atoms with Gasteiger partial charge in [-0.3, -0.25) is 19.6 Å². The number of nitrogens with zero attached hydrogens (tertiary/aromatic N) is 3. The number of rotatable bonds is 7. The first kappa shape index (κ1) is 21.9. The van der Waals surface area contributed by atoms with Crippen molar-refractivity contribution >= 4 is 17.3 Å². The van der Waals surface area contributed by atoms with Crippen molar-refractivity contribution in [1.82, 2.24) is 9.78 Å². The highest BCUT2D eigenvalue weighted by Crippen LogP contribution is 2.31. The van der Waals surface area contributed by atoms with Gasteiger partial charge < -0.3 is 10.1 Å². The van der Waals surface area contributed by atoms with E-state index in [2.05, 4.69) is 10.4 Å². The zero-order chi connectivity index (χ0) is 22.7. The van der Waals surface area contributed by atoms with Gasteiger partial charge in [0.1, 0.15) is 23.7 Å². The molecule has 0 spiro atoms. The highest BCUT2D eigenvalue weighted by Gasteiger charge is 2.18. The maximum Gasteiger partial charge on any atom is 0.280 e. The number of aromatic nitrogens is 2. The van der Waals surface area contributed by atoms with Gasteiger partial charge in [-0.1, -0.05) is 6.07 Å². The number of carbonyl (C=O) groups excluding carboxylic acids is 1. The molecule has 0 fully saturated rings. The van der Waals surface area contributed by atoms with Crippen molar-refractivity contribution in [2.75, 3.05) is 5.32 Å². The number of alkyl halides is 2. The van der Waals surface area contributed by atoms with Crippen LogP contribution in [-0.2, 0) is 11.3 Å². The molecule has 0 aliphatic carbocycles. The van der Waals surface area contributed by atoms with E-state index in [0.717, 1.165) is 21.9 Å². The summed E-state index contributed by atoms with van der Waals surface area (Å²) in [5.74, 6) is -0.0237. The Bertz CT molecular complexity index is 1120. The summed E-state index contributed by atoms with van der Waals surface area (Å²) in [6, 6.07) is 10.5. The lowest BCUT2D eigenvalue weighted by atomic mass is 10.1. The molecule has 0 aliphatic heterocycles. The van der Waals surface area contributed by atoms with E-state index in [1.165, 1.54) is 25.1 Å². The molecule has 3 rings (SSSR count). The second kappa shape index (κ2) is 8.90. The lowest BCUT2D eigenvalue weighted by Crippen LogP contribution is -2.21. The zero-order valence-electron chi connectivity index (χ0n) is 17.1. The van der Waals surface area contributed by atoms with Crippen LogP contribution >= 0.6 is 0 Å². The minimum absolute atomic E-state index is 0.0982. The van der Waals surface area contributed by atoms with Crippen molar-refractivity contribution in [2.24, 2.45) is 0 Å². The van der Waals surface area contributed by atoms with E-state index < -0.39 is 23.8 Å². The highest BCUT2D eigenvalue weighted by atomic mass is 19.3. The topological polar surface area (TPSA) is 99.3 Å². The molecule has 0 atom stereocenters. The predicted molar refractivity (Wildman–Crippen MR) is 110 cm³/mol. The summed E-state index contributed by atoms with van der Waals surface area (Å²) < 4.78 is 32.8. The maximum absolute atomic E-state index is 13.1. The van der Waals surface area contributed by atoms with E-state index in [0.29, 0.717) is 11.4 Å². The molecule has 2 aromatic carbocycles. The Balaban J connectivity index is 1.83. The van der Waals surface area contributed by atoms with Crippen LogP contribution in [-0.4, -0.2) is 20.6 Å². The summed E-state index contributed by atoms with van der Waals surface area (Å²) in [7, 11) is 0. The number of hydrogen-bond acceptors (Lipinski definition) is 5. The van der Waals surface area contributed by atoms with Gasteiger partial charge in [0.15, 0.2) is 0 Å². The fraction of sp³-hybridized carbons (Fsp3) is 0.238. The fourth-order valence-electron chi connectivity index (χ4n) is 3.15. The van der Waals surface area contributed by atoms with Gasteiger partial charge in [0.25, 0.3) is 12.1 Å². The van der Waals surface area contributed by atoms with Gasteiger partial charge in [-0.15, -0.1) is 0 Å². The molecular formula is C21H20F2N4O4. The highest BCUT2D eigenvalue weighted by molar-refractivity contribution is 5.91. The Labute approximate surface area is 176 Å². The molecule has 0 radical (unpaired) electrons. The first-order chi connectivity index (χ1) is 14.6. The second-order valence-corrected chi connectivity index (χ2v) is 7.12. The number of nitrogens with one attached hydrogen (secondary N) is 1. The minimum Gasteiger partial charge on any atom is -0.457 e. The van der Waals surface area contributed by atoms with Crippen LogP contribution in [0.1, 0.15) is 28.9 Å². The summed E-state index contributed by atoms with van der Waals surface area (Å²) in [4.78, 5) is 23.1. The Hall–Kier alpha value is -3.82. The molecular weight excluding hydrogens is 410 g/mol. The SMILES string of the molecule is Cc1cc(C)cc(Oc2cc(NC(=O)Cn3nc(C)cc3C(F)F)cc([N+](=O)[O-])c2)c1. The van der Waals surface area contributed by atoms with Crippen molar-refractivity contribution in [3.63, 3.8) is 0 Å². The first-order valence-electron chi connectivity index (χ1n) is 9.28. The second-order valence-electron chi connectivity index (χ2n) is 7.12. The lowest BCUT2D eigenvalue weighted by molar-refractivity contribution is -0.384. The van der Waals surface area contributed by atoms with Gasteiger partial charge in [0, 0.05) is 12.1 Å². The summed E-state index contributed by atoms with van der Waals surface area (Å²) in [5, 5.41) is 17.7. The molecule has 0 saturated heterocycles. The van der Waals surface area contributed by atoms with Gasteiger partial charge in [0.05, 0.1) is 22.4 Å². The molecule has 3 aromatic rings. The molecule has 8 nitrogen and oxygen atoms in total. The standard InChI is InChI=1S/C21H20F2N4O4/c1-12-4-13(2)6-17(5-12)31-18-9-15(8-16(10-18)27(29)30)24-20(28)11-26-19(21(22)23)7-14(3)25-26/h4-10,21H,11H2,1-3H3,(H,24,28). The molecule has 0 aliphatic rings. The third-order valence-corrected chi connectivity index (χ3v) is 4.27. The largest absolute Gasteiger partial charge is 0.457 e. The van der Waals surface area contributed by atoms with Crippen molar-refractivity contribution < 1.29 is 23.2 Å². The number of nitro benzene ring substituents is 1. The summed E-state index contributed by atoms with van der Waals surface area (Å²) >= 11 is 0. The van der Waals surface area contributed by atoms with Crippen LogP contribution in [0, 0.1) is 30.9 Å². The molecule has 31 heavy (non-hydrogen) atoms. The average molecular weight is 430 g/mol. The van der Waals surface area contributed by atoms with Gasteiger partial charge in [-0.25, -0.2) is 8.78 Å². The number of benzene rings is 2. The van der Waals surface area contributed by atoms with E-state index in [9.17, 15) is 23.7 Å². The smallest absolute Gasteiger partial charge is 0.280 e. The quantitative estimate of drug-likeness (QED) is 0.416. The molecule has 1 heterocycles. The number of aryl methyl sites for hydroxylation is 3. The Morgan fingerprint density at radius 1 is 1.10 bits per heavy atom. The molecule has 1 aromatic heterocycles. The number of non-ortho nitro benzene ring substituents is 1. The number of anilines is 1. The van der Waals surface area contributed by atoms with Crippen LogP contribution in [0.25, 0.3) is 0 Å². The van der Waals surface area contributed by atoms with E-state index in [-0.39, 0.29) is 22.8 Å². The third kappa shape index (κ3) is 5.62. The lowest BCUT2D eigenvalue weighted by Gasteiger charge is -2.11. The Morgan fingerprint density at radius 3 is 2.35 bits per heavy atom. The maximum atomic E-state index is 13.1. The van der Waals surface area contributed by atoms with E-state index in [4.69, 9.17) is 4.74 Å². The van der Waals surface area contributed by atoms with Crippen LogP contribution < -0.4 is 10.1 Å². The number of nitro groups is 1. The molecule has 0 saturated carbocycles. The minimum atomic E-state index is -2.79. The number of amides is 1. The van der Waals surface area contributed by atoms with Crippen LogP contribution in [0.4, 0.5) is 20.2 Å². The van der Waals surface area contributed by atoms with E-state index >= 15 is 0 Å². The normalized spacial score (nSPS) is 10.9. The molecule has 162 valence electrons. The predicted octanol–water partition coefficient (Wildman–Crippen LogP) is 5.09. The van der Waals surface area contributed by atoms with Crippen LogP contribution in [0.2, 0.25) is 0 Å². The van der Waals surface area contributed by atoms with Gasteiger partial charge in [0.2, 0.25) is 5.91 Å². The summed E-state index contributed by atoms with van der Waals surface area (Å²) in [5.41, 5.74) is 1.69. The number of carbonyl (C=O) groups is 1. The fourth-order valence-corrected chi connectivity index (χ4v) is 3.15. The summed E-state index contributed by atoms with van der Waals surface area (Å²) in [6.45, 7) is 4.86. The van der Waals surface area contributed by atoms with Crippen LogP contribution in [0.5, 0.6) is 11.5 Å². The Kier molecular flexibility index (Phi) is 6.28. The van der Waals surface area contributed by atoms with Gasteiger partial charge in [-0.2, -0.15) is 5.10 Å². The average Bonchev–Trinajstić information content (AvgIpc) is 3.00. The zero-order valence-corrected chi connectivity index (χ0v) is 17.1.